The molecule has 0 atom stereocenters. The lowest BCUT2D eigenvalue weighted by atomic mass is 10.3. The summed E-state index contributed by atoms with van der Waals surface area (Å²) in [6, 6.07) is 16.5. The largest absolute Gasteiger partial charge is 0.494 e. The van der Waals surface area contributed by atoms with E-state index < -0.39 is 0 Å². The molecular weight excluding hydrogens is 354 g/mol. The number of hydrogen-bond acceptors (Lipinski definition) is 4. The highest BCUT2D eigenvalue weighted by Gasteiger charge is 2.17. The third-order valence-electron chi connectivity index (χ3n) is 4.17. The number of furan rings is 1. The van der Waals surface area contributed by atoms with Crippen LogP contribution in [-0.2, 0) is 13.1 Å². The molecule has 0 fully saturated rings. The van der Waals surface area contributed by atoms with Crippen LogP contribution in [0.15, 0.2) is 71.5 Å². The first kappa shape index (κ1) is 19.5. The number of ether oxygens (including phenoxy) is 1. The highest BCUT2D eigenvalue weighted by molar-refractivity contribution is 5.89. The number of benzene rings is 1. The first-order chi connectivity index (χ1) is 13.7. The highest BCUT2D eigenvalue weighted by Crippen LogP contribution is 2.18. The van der Waals surface area contributed by atoms with Gasteiger partial charge in [0.25, 0.3) is 0 Å². The van der Waals surface area contributed by atoms with Crippen molar-refractivity contribution >= 4 is 11.7 Å². The van der Waals surface area contributed by atoms with Gasteiger partial charge < -0.3 is 19.4 Å². The van der Waals surface area contributed by atoms with Crippen LogP contribution < -0.4 is 10.1 Å². The zero-order valence-electron chi connectivity index (χ0n) is 16.0. The molecule has 0 aliphatic rings. The molecule has 1 aromatic carbocycles. The van der Waals surface area contributed by atoms with Crippen molar-refractivity contribution in [1.82, 2.24) is 9.88 Å². The fourth-order valence-electron chi connectivity index (χ4n) is 2.65. The number of pyridine rings is 1. The van der Waals surface area contributed by atoms with Gasteiger partial charge in [-0.05, 0) is 55.0 Å². The van der Waals surface area contributed by atoms with Crippen LogP contribution >= 0.6 is 0 Å². The SMILES string of the molecule is CCCCOc1ccc(NC(=O)N(Cc2ccccn2)Cc2ccco2)cc1. The van der Waals surface area contributed by atoms with Crippen molar-refractivity contribution in [2.75, 3.05) is 11.9 Å². The van der Waals surface area contributed by atoms with Crippen molar-refractivity contribution < 1.29 is 13.9 Å². The predicted octanol–water partition coefficient (Wildman–Crippen LogP) is 5.09. The number of nitrogens with zero attached hydrogens (tertiary/aromatic N) is 2. The van der Waals surface area contributed by atoms with Crippen molar-refractivity contribution in [1.29, 1.82) is 0 Å². The average molecular weight is 379 g/mol. The maximum Gasteiger partial charge on any atom is 0.322 e. The van der Waals surface area contributed by atoms with Crippen molar-refractivity contribution in [3.63, 3.8) is 0 Å². The van der Waals surface area contributed by atoms with E-state index >= 15 is 0 Å². The maximum absolute atomic E-state index is 12.9. The quantitative estimate of drug-likeness (QED) is 0.526. The van der Waals surface area contributed by atoms with Gasteiger partial charge in [0, 0.05) is 11.9 Å². The van der Waals surface area contributed by atoms with Crippen molar-refractivity contribution in [3.8, 4) is 5.75 Å². The smallest absolute Gasteiger partial charge is 0.322 e. The Kier molecular flexibility index (Phi) is 7.07. The Morgan fingerprint density at radius 1 is 1.11 bits per heavy atom. The second kappa shape index (κ2) is 10.2. The molecule has 0 saturated carbocycles. The number of hydrogen-bond donors (Lipinski definition) is 1. The molecule has 3 aromatic rings. The van der Waals surface area contributed by atoms with E-state index in [0.717, 1.165) is 24.3 Å². The van der Waals surface area contributed by atoms with Crippen LogP contribution in [0.1, 0.15) is 31.2 Å². The van der Waals surface area contributed by atoms with E-state index in [9.17, 15) is 4.79 Å². The first-order valence-electron chi connectivity index (χ1n) is 9.45. The molecule has 28 heavy (non-hydrogen) atoms. The Bertz CT molecular complexity index is 833. The Labute approximate surface area is 165 Å². The third kappa shape index (κ3) is 5.87. The minimum absolute atomic E-state index is 0.221. The lowest BCUT2D eigenvalue weighted by Crippen LogP contribution is -2.34. The summed E-state index contributed by atoms with van der Waals surface area (Å²) in [5.74, 6) is 1.51. The highest BCUT2D eigenvalue weighted by atomic mass is 16.5. The van der Waals surface area contributed by atoms with Gasteiger partial charge in [0.2, 0.25) is 0 Å². The molecule has 1 N–H and O–H groups in total. The molecule has 6 nitrogen and oxygen atoms in total. The Balaban J connectivity index is 1.64. The Morgan fingerprint density at radius 3 is 2.64 bits per heavy atom. The maximum atomic E-state index is 12.9. The molecule has 0 radical (unpaired) electrons. The van der Waals surface area contributed by atoms with E-state index in [1.807, 2.05) is 54.6 Å². The van der Waals surface area contributed by atoms with Gasteiger partial charge in [-0.25, -0.2) is 4.79 Å². The minimum Gasteiger partial charge on any atom is -0.494 e. The standard InChI is InChI=1S/C22H25N3O3/c1-2-3-14-27-20-11-9-18(10-12-20)24-22(26)25(17-21-8-6-15-28-21)16-19-7-4-5-13-23-19/h4-13,15H,2-3,14,16-17H2,1H3,(H,24,26). The summed E-state index contributed by atoms with van der Waals surface area (Å²) in [5, 5.41) is 2.93. The van der Waals surface area contributed by atoms with Gasteiger partial charge in [-0.15, -0.1) is 0 Å². The fourth-order valence-corrected chi connectivity index (χ4v) is 2.65. The fraction of sp³-hybridized carbons (Fsp3) is 0.273. The van der Waals surface area contributed by atoms with Gasteiger partial charge in [0.15, 0.2) is 0 Å². The molecule has 0 saturated heterocycles. The van der Waals surface area contributed by atoms with Crippen LogP contribution in [0.4, 0.5) is 10.5 Å². The molecule has 2 aromatic heterocycles. The summed E-state index contributed by atoms with van der Waals surface area (Å²) in [4.78, 5) is 18.8. The predicted molar refractivity (Wildman–Crippen MR) is 108 cm³/mol. The number of rotatable bonds is 9. The number of nitrogens with one attached hydrogen (secondary N) is 1. The second-order valence-electron chi connectivity index (χ2n) is 6.41. The third-order valence-corrected chi connectivity index (χ3v) is 4.17. The van der Waals surface area contributed by atoms with E-state index in [1.54, 1.807) is 17.4 Å². The molecular formula is C22H25N3O3. The lowest BCUT2D eigenvalue weighted by molar-refractivity contribution is 0.200. The summed E-state index contributed by atoms with van der Waals surface area (Å²) in [6.07, 6.45) is 5.43. The molecule has 2 amide bonds. The zero-order chi connectivity index (χ0) is 19.6. The van der Waals surface area contributed by atoms with Crippen LogP contribution in [0.2, 0.25) is 0 Å². The van der Waals surface area contributed by atoms with Crippen LogP contribution in [-0.4, -0.2) is 22.5 Å². The molecule has 0 bridgehead atoms. The van der Waals surface area contributed by atoms with E-state index in [1.165, 1.54) is 0 Å². The molecule has 6 heteroatoms. The van der Waals surface area contributed by atoms with Crippen molar-refractivity contribution in [3.05, 3.63) is 78.5 Å². The van der Waals surface area contributed by atoms with Gasteiger partial charge in [0.1, 0.15) is 11.5 Å². The average Bonchev–Trinajstić information content (AvgIpc) is 3.23. The van der Waals surface area contributed by atoms with Gasteiger partial charge in [-0.3, -0.25) is 4.98 Å². The van der Waals surface area contributed by atoms with E-state index in [0.29, 0.717) is 31.1 Å². The number of unbranched alkanes of at least 4 members (excludes halogenated alkanes) is 1. The molecule has 2 heterocycles. The monoisotopic (exact) mass is 379 g/mol. The number of aromatic nitrogens is 1. The molecule has 3 rings (SSSR count). The molecule has 0 aliphatic carbocycles. The molecule has 0 aliphatic heterocycles. The Hall–Kier alpha value is -3.28. The summed E-state index contributed by atoms with van der Waals surface area (Å²) in [6.45, 7) is 3.56. The van der Waals surface area contributed by atoms with Gasteiger partial charge >= 0.3 is 6.03 Å². The lowest BCUT2D eigenvalue weighted by Gasteiger charge is -2.22. The summed E-state index contributed by atoms with van der Waals surface area (Å²) in [5.41, 5.74) is 1.52. The zero-order valence-corrected chi connectivity index (χ0v) is 16.0. The molecule has 0 spiro atoms. The van der Waals surface area contributed by atoms with Crippen LogP contribution in [0.5, 0.6) is 5.75 Å². The van der Waals surface area contributed by atoms with E-state index in [4.69, 9.17) is 9.15 Å². The number of urea groups is 1. The number of amides is 2. The second-order valence-corrected chi connectivity index (χ2v) is 6.41. The van der Waals surface area contributed by atoms with Gasteiger partial charge in [-0.2, -0.15) is 0 Å². The van der Waals surface area contributed by atoms with Crippen molar-refractivity contribution in [2.24, 2.45) is 0 Å². The van der Waals surface area contributed by atoms with Crippen LogP contribution in [0.3, 0.4) is 0 Å². The van der Waals surface area contributed by atoms with E-state index in [2.05, 4.69) is 17.2 Å². The normalized spacial score (nSPS) is 10.5. The van der Waals surface area contributed by atoms with Crippen LogP contribution in [0.25, 0.3) is 0 Å². The number of carbonyl (C=O) groups is 1. The van der Waals surface area contributed by atoms with Gasteiger partial charge in [0.05, 0.1) is 31.7 Å². The topological polar surface area (TPSA) is 67.6 Å². The van der Waals surface area contributed by atoms with Gasteiger partial charge in [-0.1, -0.05) is 19.4 Å². The Morgan fingerprint density at radius 2 is 1.96 bits per heavy atom. The molecule has 146 valence electrons. The van der Waals surface area contributed by atoms with Crippen molar-refractivity contribution in [2.45, 2.75) is 32.9 Å². The molecule has 0 unspecified atom stereocenters. The van der Waals surface area contributed by atoms with Crippen LogP contribution in [0, 0.1) is 0 Å². The summed E-state index contributed by atoms with van der Waals surface area (Å²) in [7, 11) is 0. The minimum atomic E-state index is -0.221. The first-order valence-corrected chi connectivity index (χ1v) is 9.45. The van der Waals surface area contributed by atoms with E-state index in [-0.39, 0.29) is 6.03 Å². The number of carbonyl (C=O) groups excluding carboxylic acids is 1. The number of anilines is 1. The summed E-state index contributed by atoms with van der Waals surface area (Å²) >= 11 is 0. The summed E-state index contributed by atoms with van der Waals surface area (Å²) < 4.78 is 11.1.